The monoisotopic (exact) mass is 423 g/mol. The number of sulfonamides is 1. The van der Waals surface area contributed by atoms with E-state index in [0.717, 1.165) is 32.4 Å². The molecule has 1 aliphatic heterocycles. The Morgan fingerprint density at radius 1 is 1.17 bits per heavy atom. The minimum atomic E-state index is -3.38. The molecule has 29 heavy (non-hydrogen) atoms. The smallest absolute Gasteiger partial charge is 0.238 e. The molecule has 1 amide bonds. The van der Waals surface area contributed by atoms with Crippen LogP contribution in [0.1, 0.15) is 52.0 Å². The number of hydrogen-bond acceptors (Lipinski definition) is 4. The highest BCUT2D eigenvalue weighted by Crippen LogP contribution is 2.21. The summed E-state index contributed by atoms with van der Waals surface area (Å²) in [6.45, 7) is 8.90. The molecule has 1 aromatic carbocycles. The Labute approximate surface area is 176 Å². The van der Waals surface area contributed by atoms with Crippen molar-refractivity contribution in [3.05, 3.63) is 35.9 Å². The fourth-order valence-corrected chi connectivity index (χ4v) is 5.91. The van der Waals surface area contributed by atoms with E-state index in [-0.39, 0.29) is 17.7 Å². The number of nitrogens with one attached hydrogen (secondary N) is 1. The van der Waals surface area contributed by atoms with Crippen molar-refractivity contribution < 1.29 is 13.2 Å². The standard InChI is InChI=1S/C22H37N3O3S/c1-4-16-29(27,28)25-15-11-10-14-21(25)22(26)23-18-20(24(5-2)6-3)17-19-12-8-7-9-13-19/h7-9,12-13,20-21H,4-6,10-11,14-18H2,1-3H3,(H,23,26). The van der Waals surface area contributed by atoms with Crippen molar-refractivity contribution in [3.8, 4) is 0 Å². The molecule has 1 fully saturated rings. The molecule has 6 nitrogen and oxygen atoms in total. The molecular weight excluding hydrogens is 386 g/mol. The molecule has 1 aromatic rings. The van der Waals surface area contributed by atoms with Gasteiger partial charge in [-0.2, -0.15) is 4.31 Å². The van der Waals surface area contributed by atoms with E-state index in [1.807, 2.05) is 25.1 Å². The molecule has 0 aliphatic carbocycles. The second kappa shape index (κ2) is 11.7. The fraction of sp³-hybridized carbons (Fsp3) is 0.682. The SMILES string of the molecule is CCCS(=O)(=O)N1CCCCC1C(=O)NCC(Cc1ccccc1)N(CC)CC. The molecule has 1 N–H and O–H groups in total. The van der Waals surface area contributed by atoms with Gasteiger partial charge in [-0.15, -0.1) is 0 Å². The highest BCUT2D eigenvalue weighted by Gasteiger charge is 2.36. The van der Waals surface area contributed by atoms with Crippen molar-refractivity contribution >= 4 is 15.9 Å². The van der Waals surface area contributed by atoms with Gasteiger partial charge in [0, 0.05) is 19.1 Å². The first-order valence-corrected chi connectivity index (χ1v) is 12.6. The normalized spacial score (nSPS) is 19.2. The molecule has 2 unspecified atom stereocenters. The highest BCUT2D eigenvalue weighted by molar-refractivity contribution is 7.89. The summed E-state index contributed by atoms with van der Waals surface area (Å²) in [5.74, 6) is -0.0538. The Morgan fingerprint density at radius 2 is 1.86 bits per heavy atom. The summed E-state index contributed by atoms with van der Waals surface area (Å²) in [5.41, 5.74) is 1.24. The van der Waals surface area contributed by atoms with Crippen LogP contribution in [0.15, 0.2) is 30.3 Å². The molecule has 0 bridgehead atoms. The quantitative estimate of drug-likeness (QED) is 0.594. The number of amides is 1. The van der Waals surface area contributed by atoms with Crippen LogP contribution < -0.4 is 5.32 Å². The van der Waals surface area contributed by atoms with E-state index >= 15 is 0 Å². The molecule has 0 aromatic heterocycles. The van der Waals surface area contributed by atoms with Crippen LogP contribution in [-0.4, -0.2) is 67.5 Å². The largest absolute Gasteiger partial charge is 0.353 e. The number of hydrogen-bond donors (Lipinski definition) is 1. The second-order valence-corrected chi connectivity index (χ2v) is 9.79. The summed E-state index contributed by atoms with van der Waals surface area (Å²) in [5, 5.41) is 3.08. The van der Waals surface area contributed by atoms with Crippen molar-refractivity contribution in [3.63, 3.8) is 0 Å². The Hall–Kier alpha value is -1.44. The lowest BCUT2D eigenvalue weighted by Crippen LogP contribution is -2.54. The minimum absolute atomic E-state index is 0.104. The van der Waals surface area contributed by atoms with Crippen LogP contribution in [0, 0.1) is 0 Å². The van der Waals surface area contributed by atoms with Gasteiger partial charge in [0.05, 0.1) is 5.75 Å². The molecule has 1 saturated heterocycles. The number of piperidine rings is 1. The van der Waals surface area contributed by atoms with Crippen molar-refractivity contribution in [1.82, 2.24) is 14.5 Å². The number of carbonyl (C=O) groups excluding carboxylic acids is 1. The van der Waals surface area contributed by atoms with E-state index in [9.17, 15) is 13.2 Å². The molecule has 0 spiro atoms. The molecule has 2 atom stereocenters. The minimum Gasteiger partial charge on any atom is -0.353 e. The van der Waals surface area contributed by atoms with Crippen molar-refractivity contribution in [2.75, 3.05) is 31.9 Å². The molecule has 0 saturated carbocycles. The predicted molar refractivity (Wildman–Crippen MR) is 118 cm³/mol. The second-order valence-electron chi connectivity index (χ2n) is 7.75. The lowest BCUT2D eigenvalue weighted by molar-refractivity contribution is -0.126. The molecule has 7 heteroatoms. The van der Waals surface area contributed by atoms with Gasteiger partial charge in [-0.25, -0.2) is 8.42 Å². The van der Waals surface area contributed by atoms with E-state index in [4.69, 9.17) is 0 Å². The predicted octanol–water partition coefficient (Wildman–Crippen LogP) is 2.65. The zero-order valence-corrected chi connectivity index (χ0v) is 19.0. The number of rotatable bonds is 11. The Morgan fingerprint density at radius 3 is 2.48 bits per heavy atom. The van der Waals surface area contributed by atoms with Gasteiger partial charge in [0.15, 0.2) is 0 Å². The van der Waals surface area contributed by atoms with Gasteiger partial charge in [-0.3, -0.25) is 9.69 Å². The van der Waals surface area contributed by atoms with E-state index in [2.05, 4.69) is 36.2 Å². The number of carbonyl (C=O) groups is 1. The van der Waals surface area contributed by atoms with E-state index in [1.54, 1.807) is 0 Å². The lowest BCUT2D eigenvalue weighted by Gasteiger charge is -2.35. The topological polar surface area (TPSA) is 69.7 Å². The summed E-state index contributed by atoms with van der Waals surface area (Å²) in [7, 11) is -3.38. The van der Waals surface area contributed by atoms with E-state index < -0.39 is 16.1 Å². The Balaban J connectivity index is 2.07. The van der Waals surface area contributed by atoms with Crippen LogP contribution in [0.3, 0.4) is 0 Å². The van der Waals surface area contributed by atoms with Crippen LogP contribution in [0.25, 0.3) is 0 Å². The van der Waals surface area contributed by atoms with Gasteiger partial charge < -0.3 is 5.32 Å². The molecule has 0 radical (unpaired) electrons. The summed E-state index contributed by atoms with van der Waals surface area (Å²) in [6, 6.07) is 9.90. The van der Waals surface area contributed by atoms with Crippen LogP contribution in [-0.2, 0) is 21.2 Å². The zero-order chi connectivity index (χ0) is 21.3. The van der Waals surface area contributed by atoms with E-state index in [1.165, 1.54) is 9.87 Å². The Bertz CT molecular complexity index is 720. The third kappa shape index (κ3) is 6.79. The van der Waals surface area contributed by atoms with Crippen molar-refractivity contribution in [2.45, 2.75) is 65.0 Å². The molecular formula is C22H37N3O3S. The highest BCUT2D eigenvalue weighted by atomic mass is 32.2. The van der Waals surface area contributed by atoms with Crippen LogP contribution >= 0.6 is 0 Å². The van der Waals surface area contributed by atoms with Crippen molar-refractivity contribution in [1.29, 1.82) is 0 Å². The lowest BCUT2D eigenvalue weighted by atomic mass is 10.0. The number of nitrogens with zero attached hydrogens (tertiary/aromatic N) is 2. The maximum Gasteiger partial charge on any atom is 0.238 e. The van der Waals surface area contributed by atoms with Crippen LogP contribution in [0.2, 0.25) is 0 Å². The first-order valence-electron chi connectivity index (χ1n) is 11.0. The van der Waals surface area contributed by atoms with Gasteiger partial charge in [-0.05, 0) is 44.3 Å². The first-order chi connectivity index (χ1) is 13.9. The summed E-state index contributed by atoms with van der Waals surface area (Å²) in [6.07, 6.45) is 3.73. The third-order valence-electron chi connectivity index (χ3n) is 5.73. The summed E-state index contributed by atoms with van der Waals surface area (Å²) in [4.78, 5) is 15.3. The van der Waals surface area contributed by atoms with Crippen molar-refractivity contribution in [2.24, 2.45) is 0 Å². The van der Waals surface area contributed by atoms with Gasteiger partial charge in [0.2, 0.25) is 15.9 Å². The maximum absolute atomic E-state index is 13.0. The van der Waals surface area contributed by atoms with Gasteiger partial charge in [0.25, 0.3) is 0 Å². The zero-order valence-electron chi connectivity index (χ0n) is 18.1. The molecule has 1 aliphatic rings. The van der Waals surface area contributed by atoms with Crippen LogP contribution in [0.4, 0.5) is 0 Å². The number of benzene rings is 1. The number of likely N-dealkylation sites (N-methyl/N-ethyl adjacent to an activating group) is 1. The maximum atomic E-state index is 13.0. The molecule has 1 heterocycles. The van der Waals surface area contributed by atoms with Gasteiger partial charge in [0.1, 0.15) is 6.04 Å². The molecule has 164 valence electrons. The summed E-state index contributed by atoms with van der Waals surface area (Å²) < 4.78 is 26.7. The van der Waals surface area contributed by atoms with E-state index in [0.29, 0.717) is 25.9 Å². The van der Waals surface area contributed by atoms with Gasteiger partial charge >= 0.3 is 0 Å². The fourth-order valence-electron chi connectivity index (χ4n) is 4.17. The summed E-state index contributed by atoms with van der Waals surface area (Å²) >= 11 is 0. The third-order valence-corrected chi connectivity index (χ3v) is 7.81. The van der Waals surface area contributed by atoms with Gasteiger partial charge in [-0.1, -0.05) is 57.5 Å². The average Bonchev–Trinajstić information content (AvgIpc) is 2.73. The average molecular weight is 424 g/mol. The Kier molecular flexibility index (Phi) is 9.59. The first kappa shape index (κ1) is 23.8. The molecule has 2 rings (SSSR count). The van der Waals surface area contributed by atoms with Crippen LogP contribution in [0.5, 0.6) is 0 Å².